The number of furan rings is 1. The van der Waals surface area contributed by atoms with Crippen molar-refractivity contribution in [3.05, 3.63) is 181 Å². The molecule has 2 heterocycles. The quantitative estimate of drug-likeness (QED) is 0.184. The number of rotatable bonds is 6. The van der Waals surface area contributed by atoms with Gasteiger partial charge in [-0.05, 0) is 40.3 Å². The Labute approximate surface area is 285 Å². The molecule has 0 saturated heterocycles. The zero-order valence-electron chi connectivity index (χ0n) is 26.7. The molecule has 0 amide bonds. The van der Waals surface area contributed by atoms with Gasteiger partial charge in [-0.2, -0.15) is 0 Å². The van der Waals surface area contributed by atoms with Crippen molar-refractivity contribution >= 4 is 17.0 Å². The van der Waals surface area contributed by atoms with Gasteiger partial charge in [0.15, 0.2) is 17.5 Å². The SMILES string of the molecule is C1=Cc2c(oc3cccc(-c4nc(-c5ccccc5)nc(-c5ccc(-c6ccc(-c7ccccc7)cc6)cc5)n4)c23)C(c2ccccc2)C1. The van der Waals surface area contributed by atoms with Crippen LogP contribution in [0.3, 0.4) is 0 Å². The van der Waals surface area contributed by atoms with Gasteiger partial charge >= 0.3 is 0 Å². The van der Waals surface area contributed by atoms with Crippen LogP contribution >= 0.6 is 0 Å². The fraction of sp³-hybridized carbons (Fsp3) is 0.0444. The van der Waals surface area contributed by atoms with E-state index in [2.05, 4.69) is 121 Å². The summed E-state index contributed by atoms with van der Waals surface area (Å²) in [5.41, 5.74) is 10.7. The van der Waals surface area contributed by atoms with Gasteiger partial charge in [0.05, 0.1) is 0 Å². The summed E-state index contributed by atoms with van der Waals surface area (Å²) in [5.74, 6) is 3.02. The molecule has 49 heavy (non-hydrogen) atoms. The monoisotopic (exact) mass is 629 g/mol. The lowest BCUT2D eigenvalue weighted by Gasteiger charge is -2.17. The molecule has 9 rings (SSSR count). The van der Waals surface area contributed by atoms with E-state index in [0.717, 1.165) is 56.5 Å². The molecule has 4 heteroatoms. The molecular weight excluding hydrogens is 599 g/mol. The number of allylic oxidation sites excluding steroid dienone is 1. The summed E-state index contributed by atoms with van der Waals surface area (Å²) in [4.78, 5) is 15.2. The largest absolute Gasteiger partial charge is 0.460 e. The average molecular weight is 630 g/mol. The molecule has 4 nitrogen and oxygen atoms in total. The lowest BCUT2D eigenvalue weighted by molar-refractivity contribution is 0.517. The second kappa shape index (κ2) is 12.3. The van der Waals surface area contributed by atoms with Crippen LogP contribution in [0.5, 0.6) is 0 Å². The topological polar surface area (TPSA) is 51.8 Å². The Morgan fingerprint density at radius 2 is 0.939 bits per heavy atom. The summed E-state index contributed by atoms with van der Waals surface area (Å²) >= 11 is 0. The number of aromatic nitrogens is 3. The molecule has 0 aliphatic heterocycles. The van der Waals surface area contributed by atoms with Crippen LogP contribution in [0.25, 0.3) is 73.5 Å². The van der Waals surface area contributed by atoms with Crippen LogP contribution in [0.4, 0.5) is 0 Å². The molecule has 1 aliphatic carbocycles. The first-order valence-electron chi connectivity index (χ1n) is 16.6. The molecule has 6 aromatic carbocycles. The highest BCUT2D eigenvalue weighted by Gasteiger charge is 2.27. The molecule has 1 aliphatic rings. The second-order valence-electron chi connectivity index (χ2n) is 12.4. The van der Waals surface area contributed by atoms with Crippen molar-refractivity contribution in [2.45, 2.75) is 12.3 Å². The minimum Gasteiger partial charge on any atom is -0.460 e. The van der Waals surface area contributed by atoms with E-state index in [0.29, 0.717) is 17.5 Å². The zero-order chi connectivity index (χ0) is 32.6. The van der Waals surface area contributed by atoms with Gasteiger partial charge in [0.2, 0.25) is 0 Å². The van der Waals surface area contributed by atoms with E-state index >= 15 is 0 Å². The van der Waals surface area contributed by atoms with Crippen molar-refractivity contribution in [1.29, 1.82) is 0 Å². The second-order valence-corrected chi connectivity index (χ2v) is 12.4. The Hall–Kier alpha value is -6.39. The zero-order valence-corrected chi connectivity index (χ0v) is 26.7. The molecule has 1 atom stereocenters. The first-order valence-corrected chi connectivity index (χ1v) is 16.6. The van der Waals surface area contributed by atoms with Crippen LogP contribution in [0.2, 0.25) is 0 Å². The molecule has 0 N–H and O–H groups in total. The smallest absolute Gasteiger partial charge is 0.164 e. The number of hydrogen-bond acceptors (Lipinski definition) is 4. The summed E-state index contributed by atoms with van der Waals surface area (Å²) < 4.78 is 6.61. The van der Waals surface area contributed by atoms with Crippen molar-refractivity contribution in [2.24, 2.45) is 0 Å². The van der Waals surface area contributed by atoms with Gasteiger partial charge in [-0.3, -0.25) is 0 Å². The normalized spacial score (nSPS) is 13.8. The van der Waals surface area contributed by atoms with Gasteiger partial charge < -0.3 is 4.42 Å². The molecule has 0 bridgehead atoms. The molecule has 8 aromatic rings. The third-order valence-corrected chi connectivity index (χ3v) is 9.33. The van der Waals surface area contributed by atoms with Crippen molar-refractivity contribution in [3.63, 3.8) is 0 Å². The Morgan fingerprint density at radius 1 is 0.449 bits per heavy atom. The molecule has 2 aromatic heterocycles. The van der Waals surface area contributed by atoms with E-state index in [1.165, 1.54) is 16.7 Å². The molecule has 0 radical (unpaired) electrons. The maximum absolute atomic E-state index is 6.61. The van der Waals surface area contributed by atoms with E-state index < -0.39 is 0 Å². The van der Waals surface area contributed by atoms with E-state index in [9.17, 15) is 0 Å². The highest BCUT2D eigenvalue weighted by atomic mass is 16.3. The predicted molar refractivity (Wildman–Crippen MR) is 199 cm³/mol. The number of nitrogens with zero attached hydrogens (tertiary/aromatic N) is 3. The highest BCUT2D eigenvalue weighted by Crippen LogP contribution is 2.43. The third kappa shape index (κ3) is 5.43. The van der Waals surface area contributed by atoms with Gasteiger partial charge in [0.25, 0.3) is 0 Å². The Bertz CT molecular complexity index is 2430. The first-order chi connectivity index (χ1) is 24.3. The summed E-state index contributed by atoms with van der Waals surface area (Å²) in [6.07, 6.45) is 5.33. The van der Waals surface area contributed by atoms with Crippen LogP contribution in [0.1, 0.15) is 29.2 Å². The van der Waals surface area contributed by atoms with E-state index in [1.54, 1.807) is 0 Å². The molecular formula is C45H31N3O. The van der Waals surface area contributed by atoms with Crippen LogP contribution < -0.4 is 0 Å². The molecule has 0 fully saturated rings. The third-order valence-electron chi connectivity index (χ3n) is 9.33. The molecule has 0 saturated carbocycles. The number of fused-ring (bicyclic) bond motifs is 3. The minimum atomic E-state index is 0.156. The van der Waals surface area contributed by atoms with Crippen LogP contribution in [-0.2, 0) is 0 Å². The van der Waals surface area contributed by atoms with Crippen molar-refractivity contribution in [2.75, 3.05) is 0 Å². The predicted octanol–water partition coefficient (Wildman–Crippen LogP) is 11.5. The Morgan fingerprint density at radius 3 is 1.55 bits per heavy atom. The summed E-state index contributed by atoms with van der Waals surface area (Å²) in [6.45, 7) is 0. The maximum atomic E-state index is 6.61. The Kier molecular flexibility index (Phi) is 7.25. The molecule has 1 unspecified atom stereocenters. The van der Waals surface area contributed by atoms with Crippen LogP contribution in [0.15, 0.2) is 168 Å². The fourth-order valence-electron chi connectivity index (χ4n) is 6.84. The van der Waals surface area contributed by atoms with E-state index in [-0.39, 0.29) is 5.92 Å². The van der Waals surface area contributed by atoms with Crippen molar-refractivity contribution < 1.29 is 4.42 Å². The van der Waals surface area contributed by atoms with E-state index in [1.807, 2.05) is 48.5 Å². The Balaban J connectivity index is 1.13. The van der Waals surface area contributed by atoms with Gasteiger partial charge in [-0.25, -0.2) is 15.0 Å². The summed E-state index contributed by atoms with van der Waals surface area (Å²) in [5, 5.41) is 1.03. The van der Waals surface area contributed by atoms with Crippen LogP contribution in [-0.4, -0.2) is 15.0 Å². The fourth-order valence-corrected chi connectivity index (χ4v) is 6.84. The standard InChI is InChI=1S/C45H31N3O/c1-4-12-30(13-5-1)31-22-24-32(25-23-31)33-26-28-36(29-27-33)44-46-43(35-16-8-3-9-17-35)47-45(48-44)39-20-11-21-40-41(39)38-19-10-18-37(42(38)49-40)34-14-6-2-7-15-34/h1-17,19-29,37H,18H2. The lowest BCUT2D eigenvalue weighted by Crippen LogP contribution is -2.03. The summed E-state index contributed by atoms with van der Waals surface area (Å²) in [6, 6.07) is 54.5. The minimum absolute atomic E-state index is 0.156. The maximum Gasteiger partial charge on any atom is 0.164 e. The van der Waals surface area contributed by atoms with E-state index in [4.69, 9.17) is 19.4 Å². The lowest BCUT2D eigenvalue weighted by atomic mass is 9.86. The average Bonchev–Trinajstić information content (AvgIpc) is 3.58. The summed E-state index contributed by atoms with van der Waals surface area (Å²) in [7, 11) is 0. The van der Waals surface area contributed by atoms with Crippen molar-refractivity contribution in [1.82, 2.24) is 15.0 Å². The van der Waals surface area contributed by atoms with Gasteiger partial charge in [0.1, 0.15) is 11.3 Å². The van der Waals surface area contributed by atoms with Gasteiger partial charge in [-0.1, -0.05) is 164 Å². The highest BCUT2D eigenvalue weighted by molar-refractivity contribution is 6.00. The van der Waals surface area contributed by atoms with Gasteiger partial charge in [-0.15, -0.1) is 0 Å². The molecule has 232 valence electrons. The van der Waals surface area contributed by atoms with Crippen molar-refractivity contribution in [3.8, 4) is 56.4 Å². The van der Waals surface area contributed by atoms with Gasteiger partial charge in [0, 0.05) is 33.6 Å². The van der Waals surface area contributed by atoms with Crippen LogP contribution in [0, 0.1) is 0 Å². The first kappa shape index (κ1) is 28.8. The number of benzene rings is 6. The number of hydrogen-bond donors (Lipinski definition) is 0. The molecule has 0 spiro atoms.